The van der Waals surface area contributed by atoms with Gasteiger partial charge in [0.1, 0.15) is 0 Å². The Labute approximate surface area is 295 Å². The molecule has 10 rings (SSSR count). The number of benzene rings is 7. The van der Waals surface area contributed by atoms with Gasteiger partial charge in [-0.15, -0.1) is 0 Å². The van der Waals surface area contributed by atoms with Crippen molar-refractivity contribution >= 4 is 43.6 Å². The Morgan fingerprint density at radius 1 is 0.400 bits per heavy atom. The van der Waals surface area contributed by atoms with Crippen LogP contribution in [0.5, 0.6) is 0 Å². The minimum absolute atomic E-state index is 0.0691. The first kappa shape index (κ1) is 23.5. The van der Waals surface area contributed by atoms with Crippen molar-refractivity contribution in [2.45, 2.75) is 0 Å². The number of para-hydroxylation sites is 3. The van der Waals surface area contributed by atoms with E-state index in [1.54, 1.807) is 0 Å². The van der Waals surface area contributed by atoms with Crippen molar-refractivity contribution in [1.82, 2.24) is 24.1 Å². The largest absolute Gasteiger partial charge is 0.307 e. The van der Waals surface area contributed by atoms with E-state index in [4.69, 9.17) is 21.8 Å². The van der Waals surface area contributed by atoms with Crippen LogP contribution in [0.15, 0.2) is 176 Å². The van der Waals surface area contributed by atoms with E-state index in [-0.39, 0.29) is 17.8 Å². The van der Waals surface area contributed by atoms with Crippen LogP contribution in [0.25, 0.3) is 89.2 Å². The van der Waals surface area contributed by atoms with Gasteiger partial charge in [-0.25, -0.2) is 4.98 Å². The first-order valence-corrected chi connectivity index (χ1v) is 16.4. The van der Waals surface area contributed by atoms with Crippen LogP contribution in [0.2, 0.25) is 0 Å². The molecule has 234 valence electrons. The highest BCUT2D eigenvalue weighted by atomic mass is 15.2. The molecule has 0 N–H and O–H groups in total. The lowest BCUT2D eigenvalue weighted by molar-refractivity contribution is 0.953. The molecule has 10 aromatic rings. The van der Waals surface area contributed by atoms with E-state index < -0.39 is 18.1 Å². The first-order chi connectivity index (χ1) is 26.9. The van der Waals surface area contributed by atoms with Crippen LogP contribution in [-0.4, -0.2) is 24.1 Å². The topological polar surface area (TPSA) is 48.5 Å². The van der Waals surface area contributed by atoms with Crippen molar-refractivity contribution in [3.63, 3.8) is 0 Å². The zero-order valence-corrected chi connectivity index (χ0v) is 26.6. The van der Waals surface area contributed by atoms with E-state index in [1.807, 2.05) is 124 Å². The average molecular weight is 645 g/mol. The van der Waals surface area contributed by atoms with Crippen LogP contribution in [0.4, 0.5) is 0 Å². The van der Waals surface area contributed by atoms with Gasteiger partial charge in [0, 0.05) is 38.4 Å². The van der Waals surface area contributed by atoms with Gasteiger partial charge in [-0.1, -0.05) is 152 Å². The van der Waals surface area contributed by atoms with Crippen molar-refractivity contribution in [3.05, 3.63) is 176 Å². The highest BCUT2D eigenvalue weighted by Crippen LogP contribution is 2.41. The molecular weight excluding hydrogens is 611 g/mol. The quantitative estimate of drug-likeness (QED) is 0.187. The Balaban J connectivity index is 1.39. The summed E-state index contributed by atoms with van der Waals surface area (Å²) in [7, 11) is 0. The van der Waals surface area contributed by atoms with E-state index in [1.165, 1.54) is 0 Å². The maximum Gasteiger partial charge on any atom is 0.238 e. The third-order valence-corrected chi connectivity index (χ3v) is 9.29. The standard InChI is InChI=1S/C45H29N5/c1-4-16-30(17-5-1)33-22-10-11-25-38(33)44-46-43(31-18-6-2-7-19-31)47-45(48-44)50-40-27-15-13-24-35(40)37-29-28-36-34-23-12-14-26-39(34)49(41(36)42(37)50)32-20-8-3-9-21-32/h1-29H/i3D,8D,9D,20D,21D. The van der Waals surface area contributed by atoms with Crippen molar-refractivity contribution in [3.8, 4) is 45.5 Å². The lowest BCUT2D eigenvalue weighted by Crippen LogP contribution is -2.07. The highest BCUT2D eigenvalue weighted by molar-refractivity contribution is 6.23. The summed E-state index contributed by atoms with van der Waals surface area (Å²) in [6.07, 6.45) is 0. The van der Waals surface area contributed by atoms with Crippen LogP contribution >= 0.6 is 0 Å². The Kier molecular flexibility index (Phi) is 5.35. The number of fused-ring (bicyclic) bond motifs is 7. The van der Waals surface area contributed by atoms with E-state index in [2.05, 4.69) is 30.3 Å². The third kappa shape index (κ3) is 4.37. The molecule has 0 fully saturated rings. The summed E-state index contributed by atoms with van der Waals surface area (Å²) in [5, 5.41) is 3.57. The fraction of sp³-hybridized carbons (Fsp3) is 0. The number of hydrogen-bond donors (Lipinski definition) is 0. The first-order valence-electron chi connectivity index (χ1n) is 18.9. The van der Waals surface area contributed by atoms with Gasteiger partial charge in [-0.3, -0.25) is 4.57 Å². The molecular formula is C45H29N5. The second-order valence-corrected chi connectivity index (χ2v) is 12.1. The minimum Gasteiger partial charge on any atom is -0.307 e. The van der Waals surface area contributed by atoms with E-state index >= 15 is 0 Å². The molecule has 50 heavy (non-hydrogen) atoms. The van der Waals surface area contributed by atoms with Gasteiger partial charge in [0.2, 0.25) is 5.95 Å². The van der Waals surface area contributed by atoms with Crippen LogP contribution in [0, 0.1) is 0 Å². The summed E-state index contributed by atoms with van der Waals surface area (Å²) in [6, 6.07) is 46.2. The van der Waals surface area contributed by atoms with Crippen molar-refractivity contribution in [2.75, 3.05) is 0 Å². The summed E-state index contributed by atoms with van der Waals surface area (Å²) in [5.74, 6) is 1.36. The Bertz CT molecular complexity index is 3130. The summed E-state index contributed by atoms with van der Waals surface area (Å²) < 4.78 is 47.6. The molecule has 3 heterocycles. The molecule has 0 bridgehead atoms. The molecule has 0 saturated carbocycles. The maximum atomic E-state index is 9.10. The lowest BCUT2D eigenvalue weighted by Gasteiger charge is -2.14. The predicted molar refractivity (Wildman–Crippen MR) is 205 cm³/mol. The number of nitrogens with zero attached hydrogens (tertiary/aromatic N) is 5. The van der Waals surface area contributed by atoms with Gasteiger partial charge in [0.25, 0.3) is 0 Å². The maximum absolute atomic E-state index is 9.10. The zero-order valence-electron chi connectivity index (χ0n) is 31.6. The van der Waals surface area contributed by atoms with E-state index in [0.717, 1.165) is 54.8 Å². The van der Waals surface area contributed by atoms with Crippen LogP contribution < -0.4 is 0 Å². The molecule has 0 spiro atoms. The van der Waals surface area contributed by atoms with Crippen molar-refractivity contribution in [1.29, 1.82) is 0 Å². The monoisotopic (exact) mass is 644 g/mol. The molecule has 0 amide bonds. The van der Waals surface area contributed by atoms with Crippen molar-refractivity contribution < 1.29 is 6.85 Å². The van der Waals surface area contributed by atoms with Gasteiger partial charge in [0.15, 0.2) is 11.6 Å². The fourth-order valence-corrected chi connectivity index (χ4v) is 7.14. The normalized spacial score (nSPS) is 13.0. The average Bonchev–Trinajstić information content (AvgIpc) is 3.76. The van der Waals surface area contributed by atoms with Gasteiger partial charge in [-0.2, -0.15) is 9.97 Å². The minimum atomic E-state index is -0.444. The van der Waals surface area contributed by atoms with Crippen molar-refractivity contribution in [2.24, 2.45) is 0 Å². The molecule has 5 nitrogen and oxygen atoms in total. The van der Waals surface area contributed by atoms with Crippen LogP contribution in [0.1, 0.15) is 6.85 Å². The zero-order chi connectivity index (χ0) is 37.4. The van der Waals surface area contributed by atoms with Gasteiger partial charge < -0.3 is 4.57 Å². The molecule has 0 saturated heterocycles. The highest BCUT2D eigenvalue weighted by Gasteiger charge is 2.23. The molecule has 5 heteroatoms. The SMILES string of the molecule is [2H]c1c([2H])c([2H])c(-n2c3ccccc3c3ccc4c5ccccc5n(-c5nc(-c6ccccc6)nc(-c6ccccc6-c6ccccc6)n5)c4c32)c([2H])c1[2H]. The molecule has 0 unspecified atom stereocenters. The molecule has 0 aliphatic rings. The fourth-order valence-electron chi connectivity index (χ4n) is 7.14. The third-order valence-electron chi connectivity index (χ3n) is 9.29. The summed E-state index contributed by atoms with van der Waals surface area (Å²) >= 11 is 0. The lowest BCUT2D eigenvalue weighted by atomic mass is 9.99. The molecule has 0 aliphatic heterocycles. The summed E-state index contributed by atoms with van der Waals surface area (Å²) in [6.45, 7) is 0. The van der Waals surface area contributed by atoms with Crippen LogP contribution in [0.3, 0.4) is 0 Å². The van der Waals surface area contributed by atoms with Crippen LogP contribution in [-0.2, 0) is 0 Å². The molecule has 3 aromatic heterocycles. The number of rotatable bonds is 5. The number of hydrogen-bond acceptors (Lipinski definition) is 3. The Morgan fingerprint density at radius 2 is 0.920 bits per heavy atom. The predicted octanol–water partition coefficient (Wildman–Crippen LogP) is 11.1. The summed E-state index contributed by atoms with van der Waals surface area (Å²) in [4.78, 5) is 15.5. The smallest absolute Gasteiger partial charge is 0.238 e. The van der Waals surface area contributed by atoms with E-state index in [9.17, 15) is 0 Å². The second kappa shape index (κ2) is 11.4. The number of aromatic nitrogens is 5. The molecule has 0 atom stereocenters. The van der Waals surface area contributed by atoms with Gasteiger partial charge in [-0.05, 0) is 35.3 Å². The Morgan fingerprint density at radius 3 is 1.60 bits per heavy atom. The second-order valence-electron chi connectivity index (χ2n) is 12.1. The molecule has 0 radical (unpaired) electrons. The van der Waals surface area contributed by atoms with Gasteiger partial charge >= 0.3 is 0 Å². The summed E-state index contributed by atoms with van der Waals surface area (Å²) in [5.41, 5.74) is 6.69. The van der Waals surface area contributed by atoms with Gasteiger partial charge in [0.05, 0.1) is 28.9 Å². The Hall–Kier alpha value is -6.85. The molecule has 0 aliphatic carbocycles. The van der Waals surface area contributed by atoms with E-state index in [0.29, 0.717) is 28.6 Å². The molecule has 7 aromatic carbocycles.